The molecule has 2 atom stereocenters. The lowest BCUT2D eigenvalue weighted by Gasteiger charge is -2.42. The van der Waals surface area contributed by atoms with Crippen molar-refractivity contribution in [1.29, 1.82) is 0 Å². The van der Waals surface area contributed by atoms with Crippen molar-refractivity contribution in [3.05, 3.63) is 54.3 Å². The molecule has 0 aliphatic heterocycles. The van der Waals surface area contributed by atoms with E-state index < -0.39 is 20.7 Å². The van der Waals surface area contributed by atoms with Gasteiger partial charge in [-0.05, 0) is 30.4 Å². The molecule has 2 unspecified atom stereocenters. The fraction of sp³-hybridized carbons (Fsp3) is 0.167. The summed E-state index contributed by atoms with van der Waals surface area (Å²) in [7, 11) is -4.70. The maximum Gasteiger partial charge on any atom is 0.291 e. The van der Waals surface area contributed by atoms with E-state index in [0.29, 0.717) is 5.69 Å². The number of allylic oxidation sites excluding steroid dienone is 1. The maximum absolute atomic E-state index is 11.6. The van der Waals surface area contributed by atoms with Gasteiger partial charge in [-0.15, -0.1) is 0 Å². The zero-order valence-electron chi connectivity index (χ0n) is 10.5. The second kappa shape index (κ2) is 4.60. The number of nitrogens with two attached hydrogens (primary N) is 3. The normalized spacial score (nSPS) is 29.9. The van der Waals surface area contributed by atoms with Crippen LogP contribution in [0, 0.1) is 0 Å². The van der Waals surface area contributed by atoms with E-state index in [1.165, 1.54) is 12.2 Å². The van der Waals surface area contributed by atoms with Crippen molar-refractivity contribution in [2.75, 3.05) is 5.32 Å². The third kappa shape index (κ3) is 2.29. The standard InChI is InChI=1S/C12H16N4O3S/c13-9-6-7-11(14,12(15,8-9)20(17,18)19)16-10-4-2-1-3-5-10/h1-8,16H,13-15H2,(H,17,18,19). The zero-order valence-corrected chi connectivity index (χ0v) is 11.3. The molecule has 0 spiro atoms. The van der Waals surface area contributed by atoms with E-state index >= 15 is 0 Å². The van der Waals surface area contributed by atoms with Crippen molar-refractivity contribution < 1.29 is 13.0 Å². The van der Waals surface area contributed by atoms with Gasteiger partial charge in [0.25, 0.3) is 10.1 Å². The van der Waals surface area contributed by atoms with Crippen LogP contribution >= 0.6 is 0 Å². The monoisotopic (exact) mass is 296 g/mol. The number of para-hydroxylation sites is 1. The molecule has 0 saturated heterocycles. The molecular weight excluding hydrogens is 280 g/mol. The first-order valence-corrected chi connectivity index (χ1v) is 7.17. The van der Waals surface area contributed by atoms with Crippen LogP contribution in [0.2, 0.25) is 0 Å². The van der Waals surface area contributed by atoms with Gasteiger partial charge in [0, 0.05) is 11.4 Å². The average molecular weight is 296 g/mol. The zero-order chi connectivity index (χ0) is 15.0. The third-order valence-electron chi connectivity index (χ3n) is 3.12. The second-order valence-electron chi connectivity index (χ2n) is 4.61. The number of benzene rings is 1. The van der Waals surface area contributed by atoms with E-state index in [4.69, 9.17) is 17.2 Å². The van der Waals surface area contributed by atoms with Crippen molar-refractivity contribution >= 4 is 15.8 Å². The van der Waals surface area contributed by atoms with Gasteiger partial charge in [0.15, 0.2) is 0 Å². The summed E-state index contributed by atoms with van der Waals surface area (Å²) in [5.41, 5.74) is 16.3. The van der Waals surface area contributed by atoms with Gasteiger partial charge < -0.3 is 22.5 Å². The highest BCUT2D eigenvalue weighted by Crippen LogP contribution is 2.31. The van der Waals surface area contributed by atoms with Crippen molar-refractivity contribution in [2.45, 2.75) is 10.5 Å². The molecule has 2 rings (SSSR count). The summed E-state index contributed by atoms with van der Waals surface area (Å²) in [6.07, 6.45) is 3.74. The maximum atomic E-state index is 11.6. The Labute approximate surface area is 116 Å². The number of hydrogen-bond donors (Lipinski definition) is 5. The van der Waals surface area contributed by atoms with Crippen LogP contribution in [0.3, 0.4) is 0 Å². The van der Waals surface area contributed by atoms with Gasteiger partial charge in [0.1, 0.15) is 5.66 Å². The van der Waals surface area contributed by atoms with Crippen LogP contribution in [0.5, 0.6) is 0 Å². The Balaban J connectivity index is 2.50. The minimum atomic E-state index is -4.70. The summed E-state index contributed by atoms with van der Waals surface area (Å²) < 4.78 is 32.7. The van der Waals surface area contributed by atoms with Crippen LogP contribution in [0.1, 0.15) is 0 Å². The second-order valence-corrected chi connectivity index (χ2v) is 6.23. The fourth-order valence-corrected chi connectivity index (χ4v) is 2.79. The largest absolute Gasteiger partial charge is 0.399 e. The van der Waals surface area contributed by atoms with E-state index in [2.05, 4.69) is 5.32 Å². The van der Waals surface area contributed by atoms with Gasteiger partial charge in [-0.25, -0.2) is 0 Å². The molecule has 1 aromatic rings. The lowest BCUT2D eigenvalue weighted by Crippen LogP contribution is -2.72. The summed E-state index contributed by atoms with van der Waals surface area (Å²) in [5, 5.41) is 2.80. The Morgan fingerprint density at radius 3 is 2.30 bits per heavy atom. The summed E-state index contributed by atoms with van der Waals surface area (Å²) in [6.45, 7) is 0. The predicted molar refractivity (Wildman–Crippen MR) is 76.9 cm³/mol. The third-order valence-corrected chi connectivity index (χ3v) is 4.43. The number of nitrogens with one attached hydrogen (secondary N) is 1. The first-order valence-electron chi connectivity index (χ1n) is 5.73. The highest BCUT2D eigenvalue weighted by molar-refractivity contribution is 7.87. The molecule has 0 heterocycles. The average Bonchev–Trinajstić information content (AvgIpc) is 2.35. The number of hydrogen-bond acceptors (Lipinski definition) is 6. The van der Waals surface area contributed by atoms with E-state index in [9.17, 15) is 13.0 Å². The van der Waals surface area contributed by atoms with Gasteiger partial charge in [-0.1, -0.05) is 18.2 Å². The van der Waals surface area contributed by atoms with Gasteiger partial charge in [-0.2, -0.15) is 8.42 Å². The minimum Gasteiger partial charge on any atom is -0.399 e. The quantitative estimate of drug-likeness (QED) is 0.380. The molecule has 0 fully saturated rings. The van der Waals surface area contributed by atoms with Crippen molar-refractivity contribution in [2.24, 2.45) is 17.2 Å². The van der Waals surface area contributed by atoms with E-state index in [-0.39, 0.29) is 5.70 Å². The first-order chi connectivity index (χ1) is 9.18. The summed E-state index contributed by atoms with van der Waals surface area (Å²) >= 11 is 0. The van der Waals surface area contributed by atoms with Crippen LogP contribution in [-0.2, 0) is 10.1 Å². The Bertz CT molecular complexity index is 671. The Morgan fingerprint density at radius 1 is 1.15 bits per heavy atom. The minimum absolute atomic E-state index is 0.0982. The predicted octanol–water partition coefficient (Wildman–Crippen LogP) is -0.291. The molecule has 1 aliphatic carbocycles. The number of anilines is 1. The molecule has 0 amide bonds. The summed E-state index contributed by atoms with van der Waals surface area (Å²) in [4.78, 5) is -2.28. The van der Waals surface area contributed by atoms with Crippen molar-refractivity contribution in [3.8, 4) is 0 Å². The molecule has 108 valence electrons. The first kappa shape index (κ1) is 14.5. The Morgan fingerprint density at radius 2 is 1.75 bits per heavy atom. The molecule has 7 nitrogen and oxygen atoms in total. The topological polar surface area (TPSA) is 144 Å². The smallest absolute Gasteiger partial charge is 0.291 e. The van der Waals surface area contributed by atoms with Gasteiger partial charge in [0.2, 0.25) is 4.87 Å². The molecule has 8 N–H and O–H groups in total. The van der Waals surface area contributed by atoms with E-state index in [1.54, 1.807) is 30.3 Å². The molecule has 0 bridgehead atoms. The van der Waals surface area contributed by atoms with Gasteiger partial charge in [0.05, 0.1) is 0 Å². The molecule has 1 aromatic carbocycles. The van der Waals surface area contributed by atoms with E-state index in [0.717, 1.165) is 6.08 Å². The van der Waals surface area contributed by atoms with Gasteiger partial charge in [-0.3, -0.25) is 4.55 Å². The fourth-order valence-electron chi connectivity index (χ4n) is 1.96. The highest BCUT2D eigenvalue weighted by atomic mass is 32.2. The van der Waals surface area contributed by atoms with Crippen LogP contribution in [0.25, 0.3) is 0 Å². The SMILES string of the molecule is NC1=CC(N)(S(=O)(=O)O)C(N)(Nc2ccccc2)C=C1. The van der Waals surface area contributed by atoms with Gasteiger partial charge >= 0.3 is 0 Å². The van der Waals surface area contributed by atoms with Crippen LogP contribution in [0.15, 0.2) is 54.3 Å². The molecule has 8 heteroatoms. The van der Waals surface area contributed by atoms with Crippen LogP contribution in [-0.4, -0.2) is 23.5 Å². The lowest BCUT2D eigenvalue weighted by atomic mass is 9.94. The van der Waals surface area contributed by atoms with Crippen molar-refractivity contribution in [3.63, 3.8) is 0 Å². The lowest BCUT2D eigenvalue weighted by molar-refractivity contribution is 0.391. The van der Waals surface area contributed by atoms with Crippen molar-refractivity contribution in [1.82, 2.24) is 0 Å². The molecule has 0 saturated carbocycles. The molecular formula is C12H16N4O3S. The van der Waals surface area contributed by atoms with E-state index in [1.807, 2.05) is 0 Å². The Hall–Kier alpha value is -1.87. The Kier molecular flexibility index (Phi) is 3.34. The van der Waals surface area contributed by atoms with Crippen LogP contribution < -0.4 is 22.5 Å². The van der Waals surface area contributed by atoms with Crippen LogP contribution in [0.4, 0.5) is 5.69 Å². The summed E-state index contributed by atoms with van der Waals surface area (Å²) in [6, 6.07) is 8.66. The summed E-state index contributed by atoms with van der Waals surface area (Å²) in [5.74, 6) is 0. The number of rotatable bonds is 3. The molecule has 0 radical (unpaired) electrons. The molecule has 20 heavy (non-hydrogen) atoms. The highest BCUT2D eigenvalue weighted by Gasteiger charge is 2.54. The molecule has 1 aliphatic rings. The molecule has 0 aromatic heterocycles.